The number of halogens is 1. The zero-order valence-corrected chi connectivity index (χ0v) is 13.1. The molecule has 2 bridgehead atoms. The van der Waals surface area contributed by atoms with Crippen LogP contribution in [0.25, 0.3) is 11.1 Å². The Morgan fingerprint density at radius 3 is 2.54 bits per heavy atom. The molecule has 1 N–H and O–H groups in total. The van der Waals surface area contributed by atoms with E-state index < -0.39 is 5.95 Å². The predicted molar refractivity (Wildman–Crippen MR) is 92.0 cm³/mol. The van der Waals surface area contributed by atoms with Crippen molar-refractivity contribution in [1.82, 2.24) is 10.3 Å². The van der Waals surface area contributed by atoms with Gasteiger partial charge in [0.05, 0.1) is 0 Å². The molecule has 3 atom stereocenters. The molecule has 2 aliphatic heterocycles. The van der Waals surface area contributed by atoms with Crippen molar-refractivity contribution in [3.8, 4) is 11.1 Å². The smallest absolute Gasteiger partial charge is 0.220 e. The fourth-order valence-electron chi connectivity index (χ4n) is 4.24. The summed E-state index contributed by atoms with van der Waals surface area (Å²) < 4.78 is 14.2. The van der Waals surface area contributed by atoms with E-state index in [1.807, 2.05) is 36.4 Å². The molecule has 3 heteroatoms. The summed E-state index contributed by atoms with van der Waals surface area (Å²) in [6, 6.07) is 20.9. The normalized spacial score (nSPS) is 24.1. The number of benzene rings is 2. The van der Waals surface area contributed by atoms with Crippen LogP contribution in [-0.4, -0.2) is 4.98 Å². The van der Waals surface area contributed by atoms with Gasteiger partial charge in [0.1, 0.15) is 0 Å². The highest BCUT2D eigenvalue weighted by atomic mass is 19.1. The van der Waals surface area contributed by atoms with Crippen LogP contribution in [0, 0.1) is 5.95 Å². The molecule has 118 valence electrons. The molecule has 24 heavy (non-hydrogen) atoms. The summed E-state index contributed by atoms with van der Waals surface area (Å²) in [6.07, 6.45) is 2.75. The Morgan fingerprint density at radius 2 is 1.71 bits per heavy atom. The number of rotatable bonds is 2. The van der Waals surface area contributed by atoms with Gasteiger partial charge in [-0.15, -0.1) is 0 Å². The highest BCUT2D eigenvalue weighted by molar-refractivity contribution is 5.64. The van der Waals surface area contributed by atoms with Crippen LogP contribution >= 0.6 is 0 Å². The van der Waals surface area contributed by atoms with E-state index in [2.05, 4.69) is 34.6 Å². The first-order valence-electron chi connectivity index (χ1n) is 8.37. The Kier molecular flexibility index (Phi) is 3.03. The van der Waals surface area contributed by atoms with Crippen molar-refractivity contribution in [2.45, 2.75) is 24.4 Å². The van der Waals surface area contributed by atoms with Crippen LogP contribution in [0.1, 0.15) is 41.1 Å². The summed E-state index contributed by atoms with van der Waals surface area (Å²) in [5, 5.41) is 3.69. The van der Waals surface area contributed by atoms with Crippen molar-refractivity contribution < 1.29 is 4.39 Å². The molecule has 1 aromatic heterocycles. The first-order chi connectivity index (χ1) is 11.8. The van der Waals surface area contributed by atoms with Crippen LogP contribution < -0.4 is 5.32 Å². The van der Waals surface area contributed by atoms with Gasteiger partial charge in [-0.2, -0.15) is 4.39 Å². The molecule has 3 heterocycles. The monoisotopic (exact) mass is 316 g/mol. The van der Waals surface area contributed by atoms with Crippen LogP contribution in [0.2, 0.25) is 0 Å². The lowest BCUT2D eigenvalue weighted by Gasteiger charge is -2.23. The van der Waals surface area contributed by atoms with E-state index in [9.17, 15) is 4.39 Å². The van der Waals surface area contributed by atoms with E-state index in [-0.39, 0.29) is 0 Å². The first-order valence-corrected chi connectivity index (χ1v) is 8.37. The van der Waals surface area contributed by atoms with E-state index in [1.165, 1.54) is 11.1 Å². The van der Waals surface area contributed by atoms with Crippen molar-refractivity contribution in [2.24, 2.45) is 0 Å². The summed E-state index contributed by atoms with van der Waals surface area (Å²) in [5.74, 6) is -0.0538. The van der Waals surface area contributed by atoms with Gasteiger partial charge in [-0.05, 0) is 34.7 Å². The number of hydrogen-bond acceptors (Lipinski definition) is 2. The minimum Gasteiger partial charge on any atom is -0.302 e. The third kappa shape index (κ3) is 2.01. The largest absolute Gasteiger partial charge is 0.302 e. The number of pyridine rings is 1. The van der Waals surface area contributed by atoms with Crippen LogP contribution in [-0.2, 0) is 0 Å². The molecule has 1 saturated heterocycles. The molecule has 1 fully saturated rings. The molecule has 2 aromatic carbocycles. The van der Waals surface area contributed by atoms with E-state index >= 15 is 0 Å². The van der Waals surface area contributed by atoms with E-state index in [1.54, 1.807) is 6.20 Å². The number of fused-ring (bicyclic) bond motifs is 5. The average Bonchev–Trinajstić information content (AvgIpc) is 3.23. The molecule has 5 rings (SSSR count). The number of aromatic nitrogens is 1. The molecular formula is C21H17FN2. The topological polar surface area (TPSA) is 24.9 Å². The summed E-state index contributed by atoms with van der Waals surface area (Å²) in [6.45, 7) is 0. The fourth-order valence-corrected chi connectivity index (χ4v) is 4.24. The second kappa shape index (κ2) is 5.25. The number of hydrogen-bond donors (Lipinski definition) is 1. The predicted octanol–water partition coefficient (Wildman–Crippen LogP) is 4.76. The van der Waals surface area contributed by atoms with Crippen molar-refractivity contribution in [2.75, 3.05) is 0 Å². The lowest BCUT2D eigenvalue weighted by molar-refractivity contribution is 0.566. The van der Waals surface area contributed by atoms with Gasteiger partial charge in [-0.3, -0.25) is 0 Å². The molecule has 3 aromatic rings. The van der Waals surface area contributed by atoms with Gasteiger partial charge in [-0.1, -0.05) is 54.6 Å². The van der Waals surface area contributed by atoms with Gasteiger partial charge >= 0.3 is 0 Å². The quantitative estimate of drug-likeness (QED) is 0.689. The lowest BCUT2D eigenvalue weighted by atomic mass is 9.80. The minimum absolute atomic E-state index is 0.307. The van der Waals surface area contributed by atoms with Gasteiger partial charge in [-0.25, -0.2) is 4.98 Å². The first kappa shape index (κ1) is 13.9. The Labute approximate surface area is 140 Å². The summed E-state index contributed by atoms with van der Waals surface area (Å²) in [5.41, 5.74) is 5.37. The second-order valence-corrected chi connectivity index (χ2v) is 6.64. The third-order valence-electron chi connectivity index (χ3n) is 5.35. The molecule has 0 radical (unpaired) electrons. The fraction of sp³-hybridized carbons (Fsp3) is 0.190. The molecule has 2 aliphatic rings. The lowest BCUT2D eigenvalue weighted by Crippen LogP contribution is -2.13. The molecule has 0 spiro atoms. The molecule has 0 amide bonds. The van der Waals surface area contributed by atoms with Crippen LogP contribution in [0.5, 0.6) is 0 Å². The van der Waals surface area contributed by atoms with E-state index in [0.717, 1.165) is 17.5 Å². The molecule has 0 aliphatic carbocycles. The van der Waals surface area contributed by atoms with Crippen molar-refractivity contribution in [1.29, 1.82) is 0 Å². The maximum absolute atomic E-state index is 14.2. The molecule has 0 saturated carbocycles. The summed E-state index contributed by atoms with van der Waals surface area (Å²) in [7, 11) is 0. The van der Waals surface area contributed by atoms with Crippen molar-refractivity contribution >= 4 is 0 Å². The highest BCUT2D eigenvalue weighted by Crippen LogP contribution is 2.52. The Bertz CT molecular complexity index is 907. The van der Waals surface area contributed by atoms with Crippen molar-refractivity contribution in [3.05, 3.63) is 89.5 Å². The molecular weight excluding hydrogens is 299 g/mol. The molecule has 0 unspecified atom stereocenters. The van der Waals surface area contributed by atoms with Crippen LogP contribution in [0.15, 0.2) is 66.9 Å². The average molecular weight is 316 g/mol. The maximum Gasteiger partial charge on any atom is 0.220 e. The number of nitrogens with zero attached hydrogens (tertiary/aromatic N) is 1. The Balaban J connectivity index is 1.56. The van der Waals surface area contributed by atoms with Crippen molar-refractivity contribution in [3.63, 3.8) is 0 Å². The summed E-state index contributed by atoms with van der Waals surface area (Å²) >= 11 is 0. The van der Waals surface area contributed by atoms with E-state index in [4.69, 9.17) is 0 Å². The zero-order valence-electron chi connectivity index (χ0n) is 13.1. The van der Waals surface area contributed by atoms with Gasteiger partial charge in [0.2, 0.25) is 5.95 Å². The van der Waals surface area contributed by atoms with Gasteiger partial charge in [0.25, 0.3) is 0 Å². The van der Waals surface area contributed by atoms with Crippen LogP contribution in [0.3, 0.4) is 0 Å². The van der Waals surface area contributed by atoms with Gasteiger partial charge in [0, 0.05) is 29.8 Å². The Morgan fingerprint density at radius 1 is 0.958 bits per heavy atom. The SMILES string of the molecule is Fc1ncc([C@H]2C[C@H]3N[C@@H]2c2ccccc23)cc1-c1ccccc1. The van der Waals surface area contributed by atoms with Gasteiger partial charge in [0.15, 0.2) is 0 Å². The van der Waals surface area contributed by atoms with E-state index in [0.29, 0.717) is 23.6 Å². The molecule has 2 nitrogen and oxygen atoms in total. The minimum atomic E-state index is -0.401. The zero-order chi connectivity index (χ0) is 16.1. The standard InChI is InChI=1S/C21H17FN2/c22-21-18(13-6-2-1-3-7-13)10-14(12-23-21)17-11-19-15-8-4-5-9-16(15)20(17)24-19/h1-10,12,17,19-20,24H,11H2/t17-,19-,20-/m1/s1. The summed E-state index contributed by atoms with van der Waals surface area (Å²) in [4.78, 5) is 4.05. The van der Waals surface area contributed by atoms with Gasteiger partial charge < -0.3 is 5.32 Å². The highest BCUT2D eigenvalue weighted by Gasteiger charge is 2.43. The number of nitrogens with one attached hydrogen (secondary N) is 1. The van der Waals surface area contributed by atoms with Crippen LogP contribution in [0.4, 0.5) is 4.39 Å². The third-order valence-corrected chi connectivity index (χ3v) is 5.35. The maximum atomic E-state index is 14.2. The second-order valence-electron chi connectivity index (χ2n) is 6.64. The Hall–Kier alpha value is -2.52.